The van der Waals surface area contributed by atoms with Gasteiger partial charge in [-0.25, -0.2) is 4.98 Å². The summed E-state index contributed by atoms with van der Waals surface area (Å²) in [5.74, 6) is 0.739. The van der Waals surface area contributed by atoms with Crippen LogP contribution in [0.25, 0.3) is 0 Å². The van der Waals surface area contributed by atoms with Gasteiger partial charge in [-0.2, -0.15) is 0 Å². The van der Waals surface area contributed by atoms with Gasteiger partial charge in [0.05, 0.1) is 15.7 Å². The van der Waals surface area contributed by atoms with Crippen LogP contribution in [0.1, 0.15) is 5.01 Å². The van der Waals surface area contributed by atoms with Gasteiger partial charge >= 0.3 is 0 Å². The molecular formula is C10H7BrClNOS. The monoisotopic (exact) mass is 303 g/mol. The van der Waals surface area contributed by atoms with Gasteiger partial charge in [0.15, 0.2) is 0 Å². The van der Waals surface area contributed by atoms with E-state index in [1.807, 2.05) is 13.0 Å². The van der Waals surface area contributed by atoms with Gasteiger partial charge in [-0.05, 0) is 41.1 Å². The highest BCUT2D eigenvalue weighted by Crippen LogP contribution is 2.33. The number of aryl methyl sites for hydroxylation is 1. The molecular weight excluding hydrogens is 298 g/mol. The number of ether oxygens (including phenoxy) is 1. The van der Waals surface area contributed by atoms with E-state index in [1.165, 1.54) is 11.3 Å². The fourth-order valence-corrected chi connectivity index (χ4v) is 2.45. The Labute approximate surface area is 105 Å². The second kappa shape index (κ2) is 4.51. The molecule has 0 aliphatic carbocycles. The van der Waals surface area contributed by atoms with Gasteiger partial charge in [-0.1, -0.05) is 22.9 Å². The maximum atomic E-state index is 5.83. The van der Waals surface area contributed by atoms with Gasteiger partial charge in [0.1, 0.15) is 5.75 Å². The molecule has 1 aromatic carbocycles. The number of benzene rings is 1. The van der Waals surface area contributed by atoms with Crippen molar-refractivity contribution < 1.29 is 4.74 Å². The third-order valence-electron chi connectivity index (χ3n) is 1.70. The number of hydrogen-bond acceptors (Lipinski definition) is 3. The highest BCUT2D eigenvalue weighted by atomic mass is 79.9. The van der Waals surface area contributed by atoms with Crippen LogP contribution in [0.2, 0.25) is 5.02 Å². The van der Waals surface area contributed by atoms with Crippen molar-refractivity contribution in [1.29, 1.82) is 0 Å². The van der Waals surface area contributed by atoms with Gasteiger partial charge in [0.2, 0.25) is 5.06 Å². The average molecular weight is 305 g/mol. The zero-order valence-electron chi connectivity index (χ0n) is 7.83. The van der Waals surface area contributed by atoms with Crippen molar-refractivity contribution in [1.82, 2.24) is 4.98 Å². The van der Waals surface area contributed by atoms with E-state index in [0.717, 1.165) is 20.3 Å². The molecule has 0 amide bonds. The molecule has 0 aliphatic heterocycles. The molecule has 0 saturated heterocycles. The Hall–Kier alpha value is -0.580. The summed E-state index contributed by atoms with van der Waals surface area (Å²) >= 11 is 10.7. The second-order valence-corrected chi connectivity index (χ2v) is 5.36. The van der Waals surface area contributed by atoms with E-state index in [2.05, 4.69) is 20.9 Å². The average Bonchev–Trinajstić information content (AvgIpc) is 2.56. The van der Waals surface area contributed by atoms with Crippen molar-refractivity contribution in [2.75, 3.05) is 0 Å². The van der Waals surface area contributed by atoms with Crippen molar-refractivity contribution in [2.24, 2.45) is 0 Å². The van der Waals surface area contributed by atoms with Crippen LogP contribution >= 0.6 is 38.9 Å². The van der Waals surface area contributed by atoms with E-state index in [1.54, 1.807) is 18.3 Å². The molecule has 0 bridgehead atoms. The van der Waals surface area contributed by atoms with Crippen molar-refractivity contribution in [2.45, 2.75) is 6.92 Å². The van der Waals surface area contributed by atoms with Crippen molar-refractivity contribution >= 4 is 38.9 Å². The quantitative estimate of drug-likeness (QED) is 0.805. The summed E-state index contributed by atoms with van der Waals surface area (Å²) in [4.78, 5) is 4.11. The maximum absolute atomic E-state index is 5.83. The van der Waals surface area contributed by atoms with Crippen LogP contribution in [0.4, 0.5) is 0 Å². The van der Waals surface area contributed by atoms with E-state index >= 15 is 0 Å². The Balaban J connectivity index is 2.24. The van der Waals surface area contributed by atoms with Crippen LogP contribution in [0.5, 0.6) is 10.8 Å². The Morgan fingerprint density at radius 1 is 1.47 bits per heavy atom. The standard InChI is InChI=1S/C10H7BrClNOS/c1-6-13-5-10(15-6)14-9-3-2-7(12)4-8(9)11/h2-5H,1H3. The van der Waals surface area contributed by atoms with Gasteiger partial charge in [0, 0.05) is 5.02 Å². The second-order valence-electron chi connectivity index (χ2n) is 2.88. The lowest BCUT2D eigenvalue weighted by molar-refractivity contribution is 0.492. The summed E-state index contributed by atoms with van der Waals surface area (Å²) in [6.07, 6.45) is 1.71. The molecule has 2 rings (SSSR count). The van der Waals surface area contributed by atoms with E-state index in [4.69, 9.17) is 16.3 Å². The largest absolute Gasteiger partial charge is 0.444 e. The molecule has 15 heavy (non-hydrogen) atoms. The van der Waals surface area contributed by atoms with E-state index in [-0.39, 0.29) is 0 Å². The lowest BCUT2D eigenvalue weighted by Gasteiger charge is -2.04. The Kier molecular flexibility index (Phi) is 3.29. The number of hydrogen-bond donors (Lipinski definition) is 0. The molecule has 0 spiro atoms. The van der Waals surface area contributed by atoms with Gasteiger partial charge in [-0.15, -0.1) is 0 Å². The molecule has 0 N–H and O–H groups in total. The fraction of sp³-hybridized carbons (Fsp3) is 0.100. The lowest BCUT2D eigenvalue weighted by atomic mass is 10.3. The lowest BCUT2D eigenvalue weighted by Crippen LogP contribution is -1.82. The van der Waals surface area contributed by atoms with Crippen molar-refractivity contribution in [3.05, 3.63) is 38.9 Å². The Bertz CT molecular complexity index is 486. The number of rotatable bonds is 2. The Morgan fingerprint density at radius 2 is 2.27 bits per heavy atom. The van der Waals surface area contributed by atoms with Crippen molar-refractivity contribution in [3.63, 3.8) is 0 Å². The van der Waals surface area contributed by atoms with Gasteiger partial charge in [0.25, 0.3) is 0 Å². The van der Waals surface area contributed by atoms with Crippen LogP contribution in [-0.4, -0.2) is 4.98 Å². The minimum absolute atomic E-state index is 0.676. The topological polar surface area (TPSA) is 22.1 Å². The van der Waals surface area contributed by atoms with Crippen LogP contribution < -0.4 is 4.74 Å². The molecule has 0 unspecified atom stereocenters. The van der Waals surface area contributed by atoms with Crippen molar-refractivity contribution in [3.8, 4) is 10.8 Å². The van der Waals surface area contributed by atoms with Crippen LogP contribution in [0.3, 0.4) is 0 Å². The summed E-state index contributed by atoms with van der Waals surface area (Å²) < 4.78 is 6.47. The summed E-state index contributed by atoms with van der Waals surface area (Å²) in [5.41, 5.74) is 0. The van der Waals surface area contributed by atoms with Crippen LogP contribution in [-0.2, 0) is 0 Å². The fourth-order valence-electron chi connectivity index (χ4n) is 1.06. The number of nitrogens with zero attached hydrogens (tertiary/aromatic N) is 1. The first-order valence-electron chi connectivity index (χ1n) is 4.20. The normalized spacial score (nSPS) is 10.3. The molecule has 0 fully saturated rings. The molecule has 2 nitrogen and oxygen atoms in total. The summed E-state index contributed by atoms with van der Waals surface area (Å²) in [7, 11) is 0. The van der Waals surface area contributed by atoms with E-state index < -0.39 is 0 Å². The van der Waals surface area contributed by atoms with E-state index in [9.17, 15) is 0 Å². The molecule has 0 radical (unpaired) electrons. The number of halogens is 2. The van der Waals surface area contributed by atoms with Gasteiger partial charge < -0.3 is 4.74 Å². The van der Waals surface area contributed by atoms with Crippen LogP contribution in [0, 0.1) is 6.92 Å². The first kappa shape index (κ1) is 10.9. The zero-order chi connectivity index (χ0) is 10.8. The number of aromatic nitrogens is 1. The Morgan fingerprint density at radius 3 is 2.87 bits per heavy atom. The predicted molar refractivity (Wildman–Crippen MR) is 66.1 cm³/mol. The zero-order valence-corrected chi connectivity index (χ0v) is 11.0. The first-order chi connectivity index (χ1) is 7.15. The third kappa shape index (κ3) is 2.71. The molecule has 1 heterocycles. The minimum atomic E-state index is 0.676. The summed E-state index contributed by atoms with van der Waals surface area (Å²) in [6.45, 7) is 1.94. The highest BCUT2D eigenvalue weighted by Gasteiger charge is 2.05. The van der Waals surface area contributed by atoms with Gasteiger partial charge in [-0.3, -0.25) is 0 Å². The minimum Gasteiger partial charge on any atom is -0.444 e. The molecule has 78 valence electrons. The SMILES string of the molecule is Cc1ncc(Oc2ccc(Cl)cc2Br)s1. The molecule has 1 aromatic heterocycles. The molecule has 2 aromatic rings. The molecule has 0 atom stereocenters. The molecule has 0 saturated carbocycles. The predicted octanol–water partition coefficient (Wildman–Crippen LogP) is 4.66. The smallest absolute Gasteiger partial charge is 0.200 e. The van der Waals surface area contributed by atoms with Crippen LogP contribution in [0.15, 0.2) is 28.9 Å². The molecule has 0 aliphatic rings. The first-order valence-corrected chi connectivity index (χ1v) is 6.19. The maximum Gasteiger partial charge on any atom is 0.200 e. The number of thiazole rings is 1. The highest BCUT2D eigenvalue weighted by molar-refractivity contribution is 9.10. The third-order valence-corrected chi connectivity index (χ3v) is 3.35. The molecule has 5 heteroatoms. The van der Waals surface area contributed by atoms with E-state index in [0.29, 0.717) is 5.02 Å². The summed E-state index contributed by atoms with van der Waals surface area (Å²) in [5, 5.41) is 2.43. The summed E-state index contributed by atoms with van der Waals surface area (Å²) in [6, 6.07) is 5.40.